The van der Waals surface area contributed by atoms with Gasteiger partial charge in [0.1, 0.15) is 0 Å². The lowest BCUT2D eigenvalue weighted by Gasteiger charge is -2.39. The fourth-order valence-corrected chi connectivity index (χ4v) is 3.66. The van der Waals surface area contributed by atoms with Crippen molar-refractivity contribution in [1.29, 1.82) is 0 Å². The number of amides is 1. The molecule has 2 aliphatic heterocycles. The minimum absolute atomic E-state index is 0.100. The number of ether oxygens (including phenoxy) is 1. The molecule has 2 fully saturated rings. The van der Waals surface area contributed by atoms with Gasteiger partial charge in [-0.25, -0.2) is 0 Å². The fourth-order valence-electron chi connectivity index (χ4n) is 3.66. The van der Waals surface area contributed by atoms with Crippen LogP contribution in [-0.2, 0) is 14.9 Å². The second kappa shape index (κ2) is 7.43. The van der Waals surface area contributed by atoms with Crippen molar-refractivity contribution in [3.05, 3.63) is 35.9 Å². The molecular weight excluding hydrogens is 290 g/mol. The van der Waals surface area contributed by atoms with Gasteiger partial charge >= 0.3 is 0 Å². The molecule has 0 saturated carbocycles. The van der Waals surface area contributed by atoms with E-state index < -0.39 is 0 Å². The summed E-state index contributed by atoms with van der Waals surface area (Å²) in [4.78, 5) is 16.3. The SMILES string of the molecule is CNC(=O)CN1CCN(C[C@@]2(c3ccccc3)CCOC2)CC1. The first-order valence-electron chi connectivity index (χ1n) is 8.50. The standard InChI is InChI=1S/C18H27N3O2/c1-19-17(22)13-20-8-10-21(11-9-20)14-18(7-12-23-15-18)16-5-3-2-4-6-16/h2-6H,7-15H2,1H3,(H,19,22)/t18-/m0/s1. The number of carbonyl (C=O) groups excluding carboxylic acids is 1. The second-order valence-corrected chi connectivity index (χ2v) is 6.67. The molecule has 0 aliphatic carbocycles. The van der Waals surface area contributed by atoms with Gasteiger partial charge in [-0.05, 0) is 12.0 Å². The molecule has 3 rings (SSSR count). The van der Waals surface area contributed by atoms with E-state index in [0.717, 1.165) is 52.4 Å². The maximum Gasteiger partial charge on any atom is 0.233 e. The van der Waals surface area contributed by atoms with Crippen molar-refractivity contribution in [3.8, 4) is 0 Å². The van der Waals surface area contributed by atoms with Gasteiger partial charge in [0.2, 0.25) is 5.91 Å². The summed E-state index contributed by atoms with van der Waals surface area (Å²) in [6.45, 7) is 7.18. The van der Waals surface area contributed by atoms with Crippen LogP contribution < -0.4 is 5.32 Å². The minimum atomic E-state index is 0.100. The number of benzene rings is 1. The fraction of sp³-hybridized carbons (Fsp3) is 0.611. The quantitative estimate of drug-likeness (QED) is 0.869. The van der Waals surface area contributed by atoms with Gasteiger partial charge in [0.15, 0.2) is 0 Å². The number of hydrogen-bond acceptors (Lipinski definition) is 4. The van der Waals surface area contributed by atoms with Crippen molar-refractivity contribution in [2.75, 3.05) is 59.5 Å². The Morgan fingerprint density at radius 2 is 1.87 bits per heavy atom. The summed E-state index contributed by atoms with van der Waals surface area (Å²) in [6.07, 6.45) is 1.09. The van der Waals surface area contributed by atoms with Crippen LogP contribution in [0.25, 0.3) is 0 Å². The molecule has 1 aromatic carbocycles. The molecule has 0 spiro atoms. The van der Waals surface area contributed by atoms with Crippen molar-refractivity contribution in [2.24, 2.45) is 0 Å². The summed E-state index contributed by atoms with van der Waals surface area (Å²) in [5.74, 6) is 0.100. The third-order valence-electron chi connectivity index (χ3n) is 5.13. The minimum Gasteiger partial charge on any atom is -0.380 e. The van der Waals surface area contributed by atoms with Crippen LogP contribution in [-0.4, -0.2) is 75.2 Å². The number of piperazine rings is 1. The molecule has 2 saturated heterocycles. The van der Waals surface area contributed by atoms with Gasteiger partial charge in [-0.1, -0.05) is 30.3 Å². The Morgan fingerprint density at radius 1 is 1.17 bits per heavy atom. The van der Waals surface area contributed by atoms with E-state index in [-0.39, 0.29) is 11.3 Å². The summed E-state index contributed by atoms with van der Waals surface area (Å²) in [6, 6.07) is 10.8. The normalized spacial score (nSPS) is 26.3. The Hall–Kier alpha value is -1.43. The third-order valence-corrected chi connectivity index (χ3v) is 5.13. The molecule has 0 aromatic heterocycles. The highest BCUT2D eigenvalue weighted by atomic mass is 16.5. The van der Waals surface area contributed by atoms with E-state index in [9.17, 15) is 4.79 Å². The summed E-state index contributed by atoms with van der Waals surface area (Å²) >= 11 is 0. The average Bonchev–Trinajstić information content (AvgIpc) is 3.07. The van der Waals surface area contributed by atoms with Crippen LogP contribution in [0.1, 0.15) is 12.0 Å². The average molecular weight is 317 g/mol. The van der Waals surface area contributed by atoms with Gasteiger partial charge in [0.25, 0.3) is 0 Å². The van der Waals surface area contributed by atoms with Gasteiger partial charge in [0.05, 0.1) is 13.2 Å². The molecule has 1 amide bonds. The predicted molar refractivity (Wildman–Crippen MR) is 90.5 cm³/mol. The Labute approximate surface area is 138 Å². The smallest absolute Gasteiger partial charge is 0.233 e. The zero-order valence-electron chi connectivity index (χ0n) is 14.0. The van der Waals surface area contributed by atoms with Crippen molar-refractivity contribution < 1.29 is 9.53 Å². The molecule has 5 heteroatoms. The van der Waals surface area contributed by atoms with Crippen molar-refractivity contribution in [3.63, 3.8) is 0 Å². The summed E-state index contributed by atoms with van der Waals surface area (Å²) in [5, 5.41) is 2.70. The molecule has 2 aliphatic rings. The molecule has 1 N–H and O–H groups in total. The van der Waals surface area contributed by atoms with Gasteiger partial charge < -0.3 is 10.1 Å². The van der Waals surface area contributed by atoms with Crippen LogP contribution in [0.2, 0.25) is 0 Å². The number of likely N-dealkylation sites (N-methyl/N-ethyl adjacent to an activating group) is 1. The summed E-state index contributed by atoms with van der Waals surface area (Å²) in [7, 11) is 1.70. The Bertz CT molecular complexity index is 506. The number of hydrogen-bond donors (Lipinski definition) is 1. The van der Waals surface area contributed by atoms with Gasteiger partial charge in [-0.15, -0.1) is 0 Å². The highest BCUT2D eigenvalue weighted by molar-refractivity contribution is 5.77. The van der Waals surface area contributed by atoms with Gasteiger partial charge in [0, 0.05) is 51.8 Å². The van der Waals surface area contributed by atoms with E-state index in [1.165, 1.54) is 5.56 Å². The first-order valence-corrected chi connectivity index (χ1v) is 8.50. The zero-order valence-corrected chi connectivity index (χ0v) is 14.0. The monoisotopic (exact) mass is 317 g/mol. The maximum absolute atomic E-state index is 11.5. The Kier molecular flexibility index (Phi) is 5.30. The second-order valence-electron chi connectivity index (χ2n) is 6.67. The molecule has 126 valence electrons. The molecule has 2 heterocycles. The molecule has 0 bridgehead atoms. The van der Waals surface area contributed by atoms with Crippen LogP contribution >= 0.6 is 0 Å². The topological polar surface area (TPSA) is 44.8 Å². The van der Waals surface area contributed by atoms with Crippen molar-refractivity contribution in [1.82, 2.24) is 15.1 Å². The summed E-state index contributed by atoms with van der Waals surface area (Å²) in [5.41, 5.74) is 1.52. The largest absolute Gasteiger partial charge is 0.380 e. The third kappa shape index (κ3) is 3.91. The Balaban J connectivity index is 1.59. The van der Waals surface area contributed by atoms with E-state index in [1.807, 2.05) is 0 Å². The lowest BCUT2D eigenvalue weighted by Crippen LogP contribution is -2.52. The first kappa shape index (κ1) is 16.4. The molecule has 1 aromatic rings. The van der Waals surface area contributed by atoms with Crippen molar-refractivity contribution in [2.45, 2.75) is 11.8 Å². The maximum atomic E-state index is 11.5. The molecule has 23 heavy (non-hydrogen) atoms. The first-order chi connectivity index (χ1) is 11.2. The van der Waals surface area contributed by atoms with E-state index in [0.29, 0.717) is 6.54 Å². The van der Waals surface area contributed by atoms with Crippen LogP contribution in [0, 0.1) is 0 Å². The molecule has 0 unspecified atom stereocenters. The molecule has 1 atom stereocenters. The van der Waals surface area contributed by atoms with Gasteiger partial charge in [-0.2, -0.15) is 0 Å². The van der Waals surface area contributed by atoms with E-state index in [2.05, 4.69) is 45.4 Å². The highest BCUT2D eigenvalue weighted by Crippen LogP contribution is 2.34. The van der Waals surface area contributed by atoms with Crippen LogP contribution in [0.15, 0.2) is 30.3 Å². The number of nitrogens with one attached hydrogen (secondary N) is 1. The number of rotatable bonds is 5. The number of nitrogens with zero attached hydrogens (tertiary/aromatic N) is 2. The number of carbonyl (C=O) groups is 1. The van der Waals surface area contributed by atoms with Crippen LogP contribution in [0.3, 0.4) is 0 Å². The van der Waals surface area contributed by atoms with Crippen LogP contribution in [0.5, 0.6) is 0 Å². The lowest BCUT2D eigenvalue weighted by atomic mass is 9.79. The van der Waals surface area contributed by atoms with Gasteiger partial charge in [-0.3, -0.25) is 14.6 Å². The molecular formula is C18H27N3O2. The molecule has 0 radical (unpaired) electrons. The highest BCUT2D eigenvalue weighted by Gasteiger charge is 2.38. The summed E-state index contributed by atoms with van der Waals surface area (Å²) < 4.78 is 5.75. The van der Waals surface area contributed by atoms with E-state index >= 15 is 0 Å². The van der Waals surface area contributed by atoms with E-state index in [4.69, 9.17) is 4.74 Å². The molecule has 5 nitrogen and oxygen atoms in total. The predicted octanol–water partition coefficient (Wildman–Crippen LogP) is 0.708. The van der Waals surface area contributed by atoms with E-state index in [1.54, 1.807) is 7.05 Å². The van der Waals surface area contributed by atoms with Crippen molar-refractivity contribution >= 4 is 5.91 Å². The Morgan fingerprint density at radius 3 is 2.48 bits per heavy atom. The lowest BCUT2D eigenvalue weighted by molar-refractivity contribution is -0.122. The van der Waals surface area contributed by atoms with Crippen LogP contribution in [0.4, 0.5) is 0 Å². The zero-order chi connectivity index (χ0) is 16.1.